The van der Waals surface area contributed by atoms with Crippen molar-refractivity contribution in [3.05, 3.63) is 0 Å². The maximum absolute atomic E-state index is 11.9. The lowest BCUT2D eigenvalue weighted by atomic mass is 10.0. The molecule has 190 valence electrons. The van der Waals surface area contributed by atoms with Gasteiger partial charge in [-0.25, -0.2) is 0 Å². The summed E-state index contributed by atoms with van der Waals surface area (Å²) in [6.45, 7) is 3.77. The van der Waals surface area contributed by atoms with Crippen LogP contribution in [0.5, 0.6) is 0 Å². The molecule has 0 aromatic heterocycles. The second-order valence-corrected chi connectivity index (χ2v) is 9.13. The van der Waals surface area contributed by atoms with E-state index < -0.39 is 6.10 Å². The van der Waals surface area contributed by atoms with E-state index in [2.05, 4.69) is 6.92 Å². The van der Waals surface area contributed by atoms with Crippen LogP contribution >= 0.6 is 0 Å². The zero-order chi connectivity index (χ0) is 23.7. The minimum Gasteiger partial charge on any atom is -0.462 e. The van der Waals surface area contributed by atoms with Gasteiger partial charge in [0.25, 0.3) is 0 Å². The predicted octanol–water partition coefficient (Wildman–Crippen LogP) is 7.28. The SMILES string of the molecule is CCCCCCCCCCCCCCCCCCCC(=O)OC(CO)COC(=O)CCC. The van der Waals surface area contributed by atoms with Crippen molar-refractivity contribution in [2.75, 3.05) is 13.2 Å². The third-order valence-electron chi connectivity index (χ3n) is 5.87. The highest BCUT2D eigenvalue weighted by atomic mass is 16.6. The molecule has 0 aliphatic carbocycles. The van der Waals surface area contributed by atoms with Crippen LogP contribution in [0.15, 0.2) is 0 Å². The van der Waals surface area contributed by atoms with Crippen LogP contribution in [0.1, 0.15) is 142 Å². The van der Waals surface area contributed by atoms with Crippen molar-refractivity contribution in [1.82, 2.24) is 0 Å². The molecule has 0 fully saturated rings. The summed E-state index contributed by atoms with van der Waals surface area (Å²) in [6, 6.07) is 0. The number of ether oxygens (including phenoxy) is 2. The Kier molecular flexibility index (Phi) is 23.7. The van der Waals surface area contributed by atoms with Gasteiger partial charge in [0.15, 0.2) is 6.10 Å². The zero-order valence-electron chi connectivity index (χ0n) is 21.2. The molecule has 0 aromatic rings. The van der Waals surface area contributed by atoms with E-state index in [1.807, 2.05) is 6.92 Å². The van der Waals surface area contributed by atoms with E-state index in [1.165, 1.54) is 89.9 Å². The molecule has 0 heterocycles. The van der Waals surface area contributed by atoms with Gasteiger partial charge in [-0.1, -0.05) is 117 Å². The first-order chi connectivity index (χ1) is 15.6. The van der Waals surface area contributed by atoms with Crippen LogP contribution in [0.4, 0.5) is 0 Å². The second-order valence-electron chi connectivity index (χ2n) is 9.13. The van der Waals surface area contributed by atoms with Gasteiger partial charge < -0.3 is 14.6 Å². The van der Waals surface area contributed by atoms with Crippen LogP contribution in [0.3, 0.4) is 0 Å². The molecule has 0 radical (unpaired) electrons. The zero-order valence-corrected chi connectivity index (χ0v) is 21.2. The summed E-state index contributed by atoms with van der Waals surface area (Å²) in [7, 11) is 0. The molecule has 0 aliphatic rings. The minimum absolute atomic E-state index is 0.0693. The predicted molar refractivity (Wildman–Crippen MR) is 132 cm³/mol. The van der Waals surface area contributed by atoms with Gasteiger partial charge in [0.2, 0.25) is 0 Å². The van der Waals surface area contributed by atoms with Crippen LogP contribution in [-0.4, -0.2) is 36.4 Å². The third-order valence-corrected chi connectivity index (χ3v) is 5.87. The largest absolute Gasteiger partial charge is 0.462 e. The van der Waals surface area contributed by atoms with Crippen molar-refractivity contribution in [3.63, 3.8) is 0 Å². The molecule has 0 bridgehead atoms. The monoisotopic (exact) mass is 456 g/mol. The summed E-state index contributed by atoms with van der Waals surface area (Å²) >= 11 is 0. The topological polar surface area (TPSA) is 72.8 Å². The highest BCUT2D eigenvalue weighted by molar-refractivity contribution is 5.70. The Balaban J connectivity index is 3.38. The van der Waals surface area contributed by atoms with Gasteiger partial charge in [0, 0.05) is 12.8 Å². The van der Waals surface area contributed by atoms with Crippen molar-refractivity contribution in [3.8, 4) is 0 Å². The molecule has 1 unspecified atom stereocenters. The molecule has 0 spiro atoms. The van der Waals surface area contributed by atoms with E-state index in [4.69, 9.17) is 9.47 Å². The molecule has 0 rings (SSSR count). The lowest BCUT2D eigenvalue weighted by Gasteiger charge is -2.15. The number of unbranched alkanes of at least 4 members (excludes halogenated alkanes) is 16. The fourth-order valence-corrected chi connectivity index (χ4v) is 3.83. The Labute approximate surface area is 198 Å². The van der Waals surface area contributed by atoms with Crippen LogP contribution in [0.25, 0.3) is 0 Å². The summed E-state index contributed by atoms with van der Waals surface area (Å²) in [5, 5.41) is 9.27. The van der Waals surface area contributed by atoms with E-state index in [0.717, 1.165) is 19.3 Å². The number of rotatable bonds is 24. The van der Waals surface area contributed by atoms with Crippen LogP contribution in [-0.2, 0) is 19.1 Å². The summed E-state index contributed by atoms with van der Waals surface area (Å²) < 4.78 is 10.2. The van der Waals surface area contributed by atoms with Crippen molar-refractivity contribution in [2.45, 2.75) is 148 Å². The number of hydrogen-bond donors (Lipinski definition) is 1. The third kappa shape index (κ3) is 22.1. The minimum atomic E-state index is -0.755. The van der Waals surface area contributed by atoms with E-state index >= 15 is 0 Å². The fraction of sp³-hybridized carbons (Fsp3) is 0.926. The van der Waals surface area contributed by atoms with Gasteiger partial charge >= 0.3 is 11.9 Å². The van der Waals surface area contributed by atoms with Crippen molar-refractivity contribution < 1.29 is 24.2 Å². The average Bonchev–Trinajstić information content (AvgIpc) is 2.78. The van der Waals surface area contributed by atoms with Gasteiger partial charge in [0.1, 0.15) is 6.61 Å². The van der Waals surface area contributed by atoms with E-state index in [0.29, 0.717) is 19.3 Å². The lowest BCUT2D eigenvalue weighted by molar-refractivity contribution is -0.161. The molecule has 5 nitrogen and oxygen atoms in total. The first-order valence-corrected chi connectivity index (χ1v) is 13.6. The molecule has 32 heavy (non-hydrogen) atoms. The van der Waals surface area contributed by atoms with Crippen LogP contribution < -0.4 is 0 Å². The molecule has 0 aliphatic heterocycles. The van der Waals surface area contributed by atoms with Crippen molar-refractivity contribution in [1.29, 1.82) is 0 Å². The van der Waals surface area contributed by atoms with Crippen LogP contribution in [0, 0.1) is 0 Å². The number of aliphatic hydroxyl groups is 1. The van der Waals surface area contributed by atoms with E-state index in [9.17, 15) is 14.7 Å². The molecule has 0 saturated carbocycles. The lowest BCUT2D eigenvalue weighted by Crippen LogP contribution is -2.28. The summed E-state index contributed by atoms with van der Waals surface area (Å²) in [6.07, 6.45) is 22.9. The van der Waals surface area contributed by atoms with Gasteiger partial charge in [-0.15, -0.1) is 0 Å². The van der Waals surface area contributed by atoms with Crippen molar-refractivity contribution in [2.24, 2.45) is 0 Å². The quantitative estimate of drug-likeness (QED) is 0.122. The molecule has 5 heteroatoms. The van der Waals surface area contributed by atoms with Crippen LogP contribution in [0.2, 0.25) is 0 Å². The van der Waals surface area contributed by atoms with Gasteiger partial charge in [-0.3, -0.25) is 9.59 Å². The summed E-state index contributed by atoms with van der Waals surface area (Å²) in [4.78, 5) is 23.2. The summed E-state index contributed by atoms with van der Waals surface area (Å²) in [5.41, 5.74) is 0. The van der Waals surface area contributed by atoms with E-state index in [1.54, 1.807) is 0 Å². The number of carbonyl (C=O) groups is 2. The Bertz CT molecular complexity index is 424. The highest BCUT2D eigenvalue weighted by Gasteiger charge is 2.15. The standard InChI is InChI=1S/C27H52O5/c1-3-5-6-7-8-9-10-11-12-13-14-15-16-17-18-19-20-22-27(30)32-25(23-28)24-31-26(29)21-4-2/h25,28H,3-24H2,1-2H3. The first-order valence-electron chi connectivity index (χ1n) is 13.6. The smallest absolute Gasteiger partial charge is 0.306 e. The molecule has 0 saturated heterocycles. The Morgan fingerprint density at radius 1 is 0.594 bits per heavy atom. The number of esters is 2. The normalized spacial score (nSPS) is 12.0. The van der Waals surface area contributed by atoms with E-state index in [-0.39, 0.29) is 25.2 Å². The Morgan fingerprint density at radius 2 is 1.03 bits per heavy atom. The fourth-order valence-electron chi connectivity index (χ4n) is 3.83. The molecular formula is C27H52O5. The molecule has 1 N–H and O–H groups in total. The van der Waals surface area contributed by atoms with Gasteiger partial charge in [0.05, 0.1) is 6.61 Å². The Morgan fingerprint density at radius 3 is 1.44 bits per heavy atom. The molecular weight excluding hydrogens is 404 g/mol. The highest BCUT2D eigenvalue weighted by Crippen LogP contribution is 2.14. The number of carbonyl (C=O) groups excluding carboxylic acids is 2. The molecule has 1 atom stereocenters. The Hall–Kier alpha value is -1.10. The van der Waals surface area contributed by atoms with Crippen molar-refractivity contribution >= 4 is 11.9 Å². The average molecular weight is 457 g/mol. The van der Waals surface area contributed by atoms with Gasteiger partial charge in [-0.05, 0) is 12.8 Å². The number of hydrogen-bond acceptors (Lipinski definition) is 5. The molecule has 0 amide bonds. The molecule has 0 aromatic carbocycles. The number of aliphatic hydroxyl groups excluding tert-OH is 1. The second kappa shape index (κ2) is 24.5. The summed E-state index contributed by atoms with van der Waals surface area (Å²) in [5.74, 6) is -0.647. The first kappa shape index (κ1) is 30.9. The maximum atomic E-state index is 11.9. The maximum Gasteiger partial charge on any atom is 0.306 e. The van der Waals surface area contributed by atoms with Gasteiger partial charge in [-0.2, -0.15) is 0 Å².